The third kappa shape index (κ3) is 3.34. The molecule has 2 bridgehead atoms. The van der Waals surface area contributed by atoms with Crippen LogP contribution in [0.1, 0.15) is 12.0 Å². The molecule has 2 aliphatic carbocycles. The highest BCUT2D eigenvalue weighted by Gasteiger charge is 2.59. The summed E-state index contributed by atoms with van der Waals surface area (Å²) in [6, 6.07) is 14.2. The van der Waals surface area contributed by atoms with Gasteiger partial charge in [-0.15, -0.1) is 0 Å². The second kappa shape index (κ2) is 7.54. The van der Waals surface area contributed by atoms with Crippen molar-refractivity contribution < 1.29 is 19.1 Å². The first-order chi connectivity index (χ1) is 15.0. The number of hydrogen-bond donors (Lipinski definition) is 1. The van der Waals surface area contributed by atoms with Crippen molar-refractivity contribution in [1.82, 2.24) is 0 Å². The number of fused-ring (bicyclic) bond motifs is 5. The van der Waals surface area contributed by atoms with E-state index >= 15 is 0 Å². The summed E-state index contributed by atoms with van der Waals surface area (Å²) in [5, 5.41) is 2.78. The van der Waals surface area contributed by atoms with Crippen LogP contribution < -0.4 is 15.0 Å². The van der Waals surface area contributed by atoms with E-state index < -0.39 is 0 Å². The van der Waals surface area contributed by atoms with Gasteiger partial charge in [0.05, 0.1) is 24.6 Å². The smallest absolute Gasteiger partial charge is 0.248 e. The minimum atomic E-state index is -0.277. The molecule has 1 aliphatic heterocycles. The Labute approximate surface area is 180 Å². The summed E-state index contributed by atoms with van der Waals surface area (Å²) in [4.78, 5) is 39.6. The van der Waals surface area contributed by atoms with Crippen LogP contribution >= 0.6 is 0 Å². The van der Waals surface area contributed by atoms with Gasteiger partial charge in [0, 0.05) is 11.8 Å². The highest BCUT2D eigenvalue weighted by molar-refractivity contribution is 6.22. The van der Waals surface area contributed by atoms with Gasteiger partial charge in [-0.3, -0.25) is 14.4 Å². The molecule has 2 fully saturated rings. The molecule has 6 heteroatoms. The highest BCUT2D eigenvalue weighted by atomic mass is 16.5. The van der Waals surface area contributed by atoms with Gasteiger partial charge < -0.3 is 10.1 Å². The van der Waals surface area contributed by atoms with Gasteiger partial charge in [0.2, 0.25) is 17.7 Å². The number of carbonyl (C=O) groups excluding carboxylic acids is 3. The van der Waals surface area contributed by atoms with E-state index in [0.717, 1.165) is 12.0 Å². The highest BCUT2D eigenvalue weighted by Crippen LogP contribution is 2.53. The Morgan fingerprint density at radius 3 is 2.35 bits per heavy atom. The second-order valence-electron chi connectivity index (χ2n) is 8.16. The number of allylic oxidation sites excluding steroid dienone is 2. The lowest BCUT2D eigenvalue weighted by Gasteiger charge is -2.17. The summed E-state index contributed by atoms with van der Waals surface area (Å²) >= 11 is 0. The number of carbonyl (C=O) groups is 3. The van der Waals surface area contributed by atoms with Crippen molar-refractivity contribution in [2.75, 3.05) is 17.3 Å². The normalized spacial score (nSPS) is 26.0. The zero-order valence-corrected chi connectivity index (χ0v) is 17.0. The van der Waals surface area contributed by atoms with Crippen LogP contribution in [0.2, 0.25) is 0 Å². The molecule has 3 amide bonds. The van der Waals surface area contributed by atoms with Crippen LogP contribution in [-0.4, -0.2) is 24.8 Å². The summed E-state index contributed by atoms with van der Waals surface area (Å²) in [5.41, 5.74) is 1.95. The largest absolute Gasteiger partial charge is 0.497 e. The van der Waals surface area contributed by atoms with Crippen LogP contribution in [0.25, 0.3) is 6.08 Å². The summed E-state index contributed by atoms with van der Waals surface area (Å²) < 4.78 is 5.11. The first-order valence-corrected chi connectivity index (χ1v) is 10.3. The van der Waals surface area contributed by atoms with E-state index in [-0.39, 0.29) is 41.4 Å². The Balaban J connectivity index is 1.30. The number of methoxy groups -OCH3 is 1. The van der Waals surface area contributed by atoms with E-state index in [4.69, 9.17) is 4.74 Å². The minimum absolute atomic E-state index is 0.106. The lowest BCUT2D eigenvalue weighted by Crippen LogP contribution is -2.32. The van der Waals surface area contributed by atoms with E-state index in [1.807, 2.05) is 6.07 Å². The Morgan fingerprint density at radius 2 is 1.71 bits per heavy atom. The third-order valence-corrected chi connectivity index (χ3v) is 6.38. The average Bonchev–Trinajstić information content (AvgIpc) is 3.47. The predicted molar refractivity (Wildman–Crippen MR) is 117 cm³/mol. The maximum Gasteiger partial charge on any atom is 0.248 e. The maximum atomic E-state index is 13.0. The van der Waals surface area contributed by atoms with Crippen LogP contribution in [0.5, 0.6) is 5.75 Å². The molecule has 5 rings (SSSR count). The lowest BCUT2D eigenvalue weighted by molar-refractivity contribution is -0.123. The molecule has 2 aromatic rings. The van der Waals surface area contributed by atoms with Crippen molar-refractivity contribution in [3.63, 3.8) is 0 Å². The van der Waals surface area contributed by atoms with Gasteiger partial charge >= 0.3 is 0 Å². The molecule has 1 saturated heterocycles. The number of ether oxygens (including phenoxy) is 1. The number of imide groups is 1. The van der Waals surface area contributed by atoms with Gasteiger partial charge in [0.25, 0.3) is 0 Å². The molecular formula is C25H22N2O4. The molecular weight excluding hydrogens is 392 g/mol. The number of nitrogens with zero attached hydrogens (tertiary/aromatic N) is 1. The Morgan fingerprint density at radius 1 is 1.03 bits per heavy atom. The second-order valence-corrected chi connectivity index (χ2v) is 8.16. The van der Waals surface area contributed by atoms with E-state index in [2.05, 4.69) is 17.5 Å². The van der Waals surface area contributed by atoms with Crippen LogP contribution in [0, 0.1) is 23.7 Å². The van der Waals surface area contributed by atoms with E-state index in [1.54, 1.807) is 55.7 Å². The minimum Gasteiger partial charge on any atom is -0.497 e. The van der Waals surface area contributed by atoms with Gasteiger partial charge in [-0.1, -0.05) is 24.3 Å². The molecule has 2 aromatic carbocycles. The molecule has 4 unspecified atom stereocenters. The number of rotatable bonds is 5. The van der Waals surface area contributed by atoms with Gasteiger partial charge in [-0.05, 0) is 66.3 Å². The van der Waals surface area contributed by atoms with Gasteiger partial charge in [-0.2, -0.15) is 0 Å². The lowest BCUT2D eigenvalue weighted by atomic mass is 9.85. The zero-order chi connectivity index (χ0) is 21.5. The molecule has 4 atom stereocenters. The molecule has 3 aliphatic rings. The van der Waals surface area contributed by atoms with E-state index in [0.29, 0.717) is 17.1 Å². The molecule has 1 saturated carbocycles. The quantitative estimate of drug-likeness (QED) is 0.460. The van der Waals surface area contributed by atoms with Crippen molar-refractivity contribution in [3.05, 3.63) is 72.3 Å². The van der Waals surface area contributed by atoms with E-state index in [1.165, 1.54) is 11.0 Å². The van der Waals surface area contributed by atoms with Crippen molar-refractivity contribution in [1.29, 1.82) is 0 Å². The zero-order valence-electron chi connectivity index (χ0n) is 17.0. The standard InChI is InChI=1S/C25H22N2O4/c1-31-20-10-8-18(9-11-20)26-21(28)12-5-15-3-2-4-19(13-15)27-24(29)22-16-6-7-17(14-16)23(22)25(27)30/h2-13,16-17,22-23H,14H2,1H3,(H,26,28). The fraction of sp³-hybridized carbons (Fsp3) is 0.240. The number of nitrogens with one attached hydrogen (secondary N) is 1. The molecule has 0 radical (unpaired) electrons. The topological polar surface area (TPSA) is 75.7 Å². The first-order valence-electron chi connectivity index (χ1n) is 10.3. The summed E-state index contributed by atoms with van der Waals surface area (Å²) in [5.74, 6) is 0.136. The monoisotopic (exact) mass is 414 g/mol. The molecule has 1 heterocycles. The molecule has 0 aromatic heterocycles. The molecule has 156 valence electrons. The van der Waals surface area contributed by atoms with Gasteiger partial charge in [-0.25, -0.2) is 4.90 Å². The average molecular weight is 414 g/mol. The molecule has 0 spiro atoms. The summed E-state index contributed by atoms with van der Waals surface area (Å²) in [6.45, 7) is 0. The number of benzene rings is 2. The van der Waals surface area contributed by atoms with Crippen molar-refractivity contribution in [2.45, 2.75) is 6.42 Å². The van der Waals surface area contributed by atoms with Crippen LogP contribution in [-0.2, 0) is 14.4 Å². The number of amides is 3. The Bertz CT molecular complexity index is 1090. The van der Waals surface area contributed by atoms with Crippen LogP contribution in [0.3, 0.4) is 0 Å². The molecule has 1 N–H and O–H groups in total. The summed E-state index contributed by atoms with van der Waals surface area (Å²) in [6.07, 6.45) is 8.17. The first kappa shape index (κ1) is 19.3. The number of anilines is 2. The molecule has 6 nitrogen and oxygen atoms in total. The maximum absolute atomic E-state index is 13.0. The van der Waals surface area contributed by atoms with Crippen molar-refractivity contribution in [2.24, 2.45) is 23.7 Å². The Kier molecular flexibility index (Phi) is 4.70. The summed E-state index contributed by atoms with van der Waals surface area (Å²) in [7, 11) is 1.58. The van der Waals surface area contributed by atoms with Crippen LogP contribution in [0.15, 0.2) is 66.8 Å². The third-order valence-electron chi connectivity index (χ3n) is 6.38. The van der Waals surface area contributed by atoms with E-state index in [9.17, 15) is 14.4 Å². The van der Waals surface area contributed by atoms with Crippen molar-refractivity contribution >= 4 is 35.2 Å². The van der Waals surface area contributed by atoms with Crippen molar-refractivity contribution in [3.8, 4) is 5.75 Å². The SMILES string of the molecule is COc1ccc(NC(=O)C=Cc2cccc(N3C(=O)C4C5C=CC(C5)C4C3=O)c2)cc1. The van der Waals surface area contributed by atoms with Gasteiger partial charge in [0.15, 0.2) is 0 Å². The van der Waals surface area contributed by atoms with Crippen LogP contribution in [0.4, 0.5) is 11.4 Å². The van der Waals surface area contributed by atoms with Gasteiger partial charge in [0.1, 0.15) is 5.75 Å². The molecule has 31 heavy (non-hydrogen) atoms. The fourth-order valence-corrected chi connectivity index (χ4v) is 4.95. The Hall–Kier alpha value is -3.67. The fourth-order valence-electron chi connectivity index (χ4n) is 4.95. The number of hydrogen-bond acceptors (Lipinski definition) is 4. The predicted octanol–water partition coefficient (Wildman–Crippen LogP) is 3.66.